The molecule has 0 atom stereocenters. The summed E-state index contributed by atoms with van der Waals surface area (Å²) in [7, 11) is 0. The molecule has 1 aromatic rings. The van der Waals surface area contributed by atoms with E-state index in [1.165, 1.54) is 0 Å². The maximum absolute atomic E-state index is 11.6. The Kier molecular flexibility index (Phi) is 1.32. The number of hydrogen-bond donors (Lipinski definition) is 1. The lowest BCUT2D eigenvalue weighted by molar-refractivity contribution is -0.118. The van der Waals surface area contributed by atoms with Crippen molar-refractivity contribution in [1.82, 2.24) is 0 Å². The SMILES string of the molecule is Nc1cccc2c1N1CCN2CC1=O. The molecule has 1 aromatic carbocycles. The summed E-state index contributed by atoms with van der Waals surface area (Å²) >= 11 is 0. The fraction of sp³-hybridized carbons (Fsp3) is 0.300. The summed E-state index contributed by atoms with van der Waals surface area (Å²) in [5.41, 5.74) is 8.56. The van der Waals surface area contributed by atoms with Crippen LogP contribution >= 0.6 is 0 Å². The number of fused-ring (bicyclic) bond motifs is 2. The maximum atomic E-state index is 11.6. The van der Waals surface area contributed by atoms with E-state index in [-0.39, 0.29) is 5.91 Å². The van der Waals surface area contributed by atoms with Crippen LogP contribution in [-0.2, 0) is 4.79 Å². The molecule has 2 bridgehead atoms. The van der Waals surface area contributed by atoms with Crippen LogP contribution < -0.4 is 15.5 Å². The first kappa shape index (κ1) is 7.67. The Labute approximate surface area is 81.9 Å². The molecule has 72 valence electrons. The van der Waals surface area contributed by atoms with Gasteiger partial charge in [-0.3, -0.25) is 4.79 Å². The Hall–Kier alpha value is -1.71. The van der Waals surface area contributed by atoms with Crippen molar-refractivity contribution >= 4 is 23.0 Å². The molecule has 3 aliphatic heterocycles. The van der Waals surface area contributed by atoms with E-state index in [1.54, 1.807) is 4.90 Å². The zero-order chi connectivity index (χ0) is 9.71. The van der Waals surface area contributed by atoms with Crippen molar-refractivity contribution in [2.24, 2.45) is 0 Å². The van der Waals surface area contributed by atoms with Gasteiger partial charge in [0.2, 0.25) is 5.91 Å². The summed E-state index contributed by atoms with van der Waals surface area (Å²) < 4.78 is 0. The van der Waals surface area contributed by atoms with Crippen molar-refractivity contribution in [2.45, 2.75) is 0 Å². The van der Waals surface area contributed by atoms with E-state index in [1.807, 2.05) is 18.2 Å². The number of nitrogen functional groups attached to an aromatic ring is 1. The van der Waals surface area contributed by atoms with E-state index in [9.17, 15) is 4.79 Å². The highest BCUT2D eigenvalue weighted by molar-refractivity contribution is 6.07. The first-order chi connectivity index (χ1) is 6.77. The van der Waals surface area contributed by atoms with Crippen LogP contribution in [-0.4, -0.2) is 25.5 Å². The van der Waals surface area contributed by atoms with Gasteiger partial charge in [0.25, 0.3) is 0 Å². The minimum absolute atomic E-state index is 0.154. The highest BCUT2D eigenvalue weighted by atomic mass is 16.2. The minimum Gasteiger partial charge on any atom is -0.397 e. The zero-order valence-corrected chi connectivity index (χ0v) is 7.73. The molecule has 1 amide bonds. The molecule has 0 radical (unpaired) electrons. The molecule has 0 aromatic heterocycles. The van der Waals surface area contributed by atoms with Crippen LogP contribution in [0.4, 0.5) is 17.1 Å². The fourth-order valence-electron chi connectivity index (χ4n) is 2.21. The van der Waals surface area contributed by atoms with Crippen LogP contribution in [0.1, 0.15) is 0 Å². The molecule has 0 saturated carbocycles. The number of hydrogen-bond acceptors (Lipinski definition) is 3. The van der Waals surface area contributed by atoms with E-state index in [0.29, 0.717) is 12.2 Å². The van der Waals surface area contributed by atoms with Gasteiger partial charge in [-0.1, -0.05) is 6.07 Å². The summed E-state index contributed by atoms with van der Waals surface area (Å²) in [5.74, 6) is 0.154. The third kappa shape index (κ3) is 0.801. The van der Waals surface area contributed by atoms with Gasteiger partial charge < -0.3 is 15.5 Å². The van der Waals surface area contributed by atoms with Crippen molar-refractivity contribution in [1.29, 1.82) is 0 Å². The number of amides is 1. The first-order valence-corrected chi connectivity index (χ1v) is 4.71. The molecular formula is C10H11N3O. The number of carbonyl (C=O) groups is 1. The molecule has 1 saturated heterocycles. The highest BCUT2D eigenvalue weighted by Gasteiger charge is 2.35. The average molecular weight is 189 g/mol. The summed E-state index contributed by atoms with van der Waals surface area (Å²) in [6, 6.07) is 5.79. The fourth-order valence-corrected chi connectivity index (χ4v) is 2.21. The van der Waals surface area contributed by atoms with Gasteiger partial charge in [0.1, 0.15) is 0 Å². The highest BCUT2D eigenvalue weighted by Crippen LogP contribution is 2.40. The van der Waals surface area contributed by atoms with E-state index in [2.05, 4.69) is 4.90 Å². The molecule has 3 heterocycles. The summed E-state index contributed by atoms with van der Waals surface area (Å²) in [4.78, 5) is 15.5. The smallest absolute Gasteiger partial charge is 0.246 e. The predicted molar refractivity (Wildman–Crippen MR) is 55.4 cm³/mol. The number of para-hydroxylation sites is 1. The lowest BCUT2D eigenvalue weighted by Gasteiger charge is -2.44. The molecule has 4 rings (SSSR count). The van der Waals surface area contributed by atoms with Crippen LogP contribution in [0.25, 0.3) is 0 Å². The molecule has 14 heavy (non-hydrogen) atoms. The summed E-state index contributed by atoms with van der Waals surface area (Å²) in [5, 5.41) is 0. The van der Waals surface area contributed by atoms with Gasteiger partial charge in [-0.25, -0.2) is 0 Å². The van der Waals surface area contributed by atoms with Crippen molar-refractivity contribution in [3.8, 4) is 0 Å². The van der Waals surface area contributed by atoms with Crippen molar-refractivity contribution in [3.05, 3.63) is 18.2 Å². The average Bonchev–Trinajstić information content (AvgIpc) is 2.19. The van der Waals surface area contributed by atoms with Gasteiger partial charge in [0.05, 0.1) is 23.6 Å². The molecule has 0 spiro atoms. The largest absolute Gasteiger partial charge is 0.397 e. The van der Waals surface area contributed by atoms with Gasteiger partial charge in [-0.2, -0.15) is 0 Å². The van der Waals surface area contributed by atoms with Gasteiger partial charge in [-0.15, -0.1) is 0 Å². The monoisotopic (exact) mass is 189 g/mol. The zero-order valence-electron chi connectivity index (χ0n) is 7.73. The Bertz CT molecular complexity index is 416. The molecule has 4 nitrogen and oxygen atoms in total. The van der Waals surface area contributed by atoms with Crippen LogP contribution in [0.5, 0.6) is 0 Å². The molecular weight excluding hydrogens is 178 g/mol. The lowest BCUT2D eigenvalue weighted by atomic mass is 10.1. The minimum atomic E-state index is 0.154. The Morgan fingerprint density at radius 2 is 2.14 bits per heavy atom. The molecule has 4 heteroatoms. The van der Waals surface area contributed by atoms with Crippen LogP contribution in [0, 0.1) is 0 Å². The molecule has 1 fully saturated rings. The number of benzene rings is 1. The Morgan fingerprint density at radius 3 is 2.93 bits per heavy atom. The summed E-state index contributed by atoms with van der Waals surface area (Å²) in [6.45, 7) is 2.18. The molecule has 0 unspecified atom stereocenters. The second-order valence-corrected chi connectivity index (χ2v) is 3.68. The second kappa shape index (κ2) is 2.41. The second-order valence-electron chi connectivity index (χ2n) is 3.68. The van der Waals surface area contributed by atoms with Crippen molar-refractivity contribution < 1.29 is 4.79 Å². The van der Waals surface area contributed by atoms with Gasteiger partial charge in [0, 0.05) is 13.1 Å². The van der Waals surface area contributed by atoms with Gasteiger partial charge >= 0.3 is 0 Å². The van der Waals surface area contributed by atoms with Crippen molar-refractivity contribution in [3.63, 3.8) is 0 Å². The number of rotatable bonds is 0. The molecule has 2 N–H and O–H groups in total. The molecule has 3 aliphatic rings. The van der Waals surface area contributed by atoms with Gasteiger partial charge in [0.15, 0.2) is 0 Å². The van der Waals surface area contributed by atoms with E-state index < -0.39 is 0 Å². The maximum Gasteiger partial charge on any atom is 0.246 e. The number of carbonyl (C=O) groups excluding carboxylic acids is 1. The standard InChI is InChI=1S/C10H11N3O/c11-7-2-1-3-8-10(7)13-5-4-12(8)6-9(13)14/h1-3H,4-6,11H2. The van der Waals surface area contributed by atoms with Crippen molar-refractivity contribution in [2.75, 3.05) is 35.2 Å². The Morgan fingerprint density at radius 1 is 1.29 bits per heavy atom. The van der Waals surface area contributed by atoms with Gasteiger partial charge in [-0.05, 0) is 12.1 Å². The van der Waals surface area contributed by atoms with E-state index >= 15 is 0 Å². The third-order valence-corrected chi connectivity index (χ3v) is 2.88. The Balaban J connectivity index is 2.26. The van der Waals surface area contributed by atoms with E-state index in [0.717, 1.165) is 24.5 Å². The quantitative estimate of drug-likeness (QED) is 0.602. The van der Waals surface area contributed by atoms with Crippen LogP contribution in [0.15, 0.2) is 18.2 Å². The number of anilines is 3. The van der Waals surface area contributed by atoms with Crippen LogP contribution in [0.2, 0.25) is 0 Å². The topological polar surface area (TPSA) is 49.6 Å². The predicted octanol–water partition coefficient (Wildman–Crippen LogP) is 0.435. The normalized spacial score (nSPS) is 18.7. The van der Waals surface area contributed by atoms with E-state index in [4.69, 9.17) is 5.73 Å². The third-order valence-electron chi connectivity index (χ3n) is 2.88. The summed E-state index contributed by atoms with van der Waals surface area (Å²) in [6.07, 6.45) is 0. The number of nitrogens with two attached hydrogens (primary N) is 1. The number of piperazine rings is 1. The number of nitrogens with zero attached hydrogens (tertiary/aromatic N) is 2. The lowest BCUT2D eigenvalue weighted by Crippen LogP contribution is -2.55. The van der Waals surface area contributed by atoms with Crippen LogP contribution in [0.3, 0.4) is 0 Å². The molecule has 0 aliphatic carbocycles. The first-order valence-electron chi connectivity index (χ1n) is 4.71.